The van der Waals surface area contributed by atoms with Crippen molar-refractivity contribution in [1.29, 1.82) is 0 Å². The molecule has 6 heteroatoms. The van der Waals surface area contributed by atoms with Crippen molar-refractivity contribution >= 4 is 17.9 Å². The number of benzene rings is 2. The number of hydrogen-bond donors (Lipinski definition) is 3. The Balaban J connectivity index is 2.25. The first-order chi connectivity index (χ1) is 10.0. The highest BCUT2D eigenvalue weighted by Gasteiger charge is 2.09. The molecular formula is C15H13NO5. The molecule has 0 unspecified atom stereocenters. The van der Waals surface area contributed by atoms with Crippen LogP contribution in [0, 0.1) is 0 Å². The predicted molar refractivity (Wildman–Crippen MR) is 77.0 cm³/mol. The molecule has 2 aromatic carbocycles. The summed E-state index contributed by atoms with van der Waals surface area (Å²) in [4.78, 5) is 14.9. The lowest BCUT2D eigenvalue weighted by molar-refractivity contribution is 0.0694. The maximum absolute atomic E-state index is 10.8. The van der Waals surface area contributed by atoms with Gasteiger partial charge in [0.15, 0.2) is 11.5 Å². The molecule has 0 aliphatic carbocycles. The fourth-order valence-corrected chi connectivity index (χ4v) is 1.70. The van der Waals surface area contributed by atoms with E-state index in [-0.39, 0.29) is 17.1 Å². The number of carbonyl (C=O) groups is 1. The summed E-state index contributed by atoms with van der Waals surface area (Å²) in [6.07, 6.45) is 1.51. The third kappa shape index (κ3) is 3.30. The molecule has 0 saturated carbocycles. The van der Waals surface area contributed by atoms with Gasteiger partial charge in [0.1, 0.15) is 11.3 Å². The van der Waals surface area contributed by atoms with E-state index in [1.807, 2.05) is 0 Å². The number of hydrogen-bond acceptors (Lipinski definition) is 5. The lowest BCUT2D eigenvalue weighted by Crippen LogP contribution is -1.95. The molecule has 0 saturated heterocycles. The first kappa shape index (κ1) is 14.4. The van der Waals surface area contributed by atoms with Crippen molar-refractivity contribution in [3.63, 3.8) is 0 Å². The zero-order valence-electron chi connectivity index (χ0n) is 11.1. The van der Waals surface area contributed by atoms with Crippen LogP contribution >= 0.6 is 0 Å². The van der Waals surface area contributed by atoms with Gasteiger partial charge in [-0.15, -0.1) is 0 Å². The summed E-state index contributed by atoms with van der Waals surface area (Å²) in [5.74, 6) is -1.20. The zero-order chi connectivity index (χ0) is 15.4. The molecule has 0 fully saturated rings. The second-order valence-corrected chi connectivity index (χ2v) is 4.20. The first-order valence-corrected chi connectivity index (χ1v) is 5.98. The number of carboxylic acid groups (broad SMARTS) is 1. The first-order valence-electron chi connectivity index (χ1n) is 5.98. The summed E-state index contributed by atoms with van der Waals surface area (Å²) < 4.78 is 4.98. The van der Waals surface area contributed by atoms with Crippen molar-refractivity contribution in [2.45, 2.75) is 0 Å². The van der Waals surface area contributed by atoms with Gasteiger partial charge in [0.05, 0.1) is 12.8 Å². The van der Waals surface area contributed by atoms with Crippen LogP contribution < -0.4 is 4.74 Å². The van der Waals surface area contributed by atoms with E-state index >= 15 is 0 Å². The predicted octanol–water partition coefficient (Wildman–Crippen LogP) is 2.56. The van der Waals surface area contributed by atoms with Crippen LogP contribution in [0.3, 0.4) is 0 Å². The molecule has 2 aromatic rings. The van der Waals surface area contributed by atoms with Crippen LogP contribution in [-0.2, 0) is 0 Å². The smallest absolute Gasteiger partial charge is 0.339 e. The molecule has 108 valence electrons. The minimum absolute atomic E-state index is 0.0260. The van der Waals surface area contributed by atoms with Crippen LogP contribution in [0.25, 0.3) is 0 Å². The highest BCUT2D eigenvalue weighted by Crippen LogP contribution is 2.27. The Bertz CT molecular complexity index is 709. The fourth-order valence-electron chi connectivity index (χ4n) is 1.70. The molecule has 21 heavy (non-hydrogen) atoms. The van der Waals surface area contributed by atoms with Gasteiger partial charge in [-0.05, 0) is 35.9 Å². The Morgan fingerprint density at radius 2 is 1.90 bits per heavy atom. The number of phenolic OH excluding ortho intramolecular Hbond substituents is 1. The van der Waals surface area contributed by atoms with E-state index in [9.17, 15) is 15.0 Å². The third-order valence-electron chi connectivity index (χ3n) is 2.78. The van der Waals surface area contributed by atoms with Gasteiger partial charge in [0.25, 0.3) is 0 Å². The summed E-state index contributed by atoms with van der Waals surface area (Å²) in [6, 6.07) is 8.75. The van der Waals surface area contributed by atoms with Crippen LogP contribution in [0.15, 0.2) is 41.4 Å². The van der Waals surface area contributed by atoms with E-state index in [1.165, 1.54) is 37.6 Å². The molecule has 0 atom stereocenters. The number of aromatic hydroxyl groups is 2. The SMILES string of the molecule is COc1cc(C=Nc2ccc(C(=O)O)c(O)c2)ccc1O. The van der Waals surface area contributed by atoms with Gasteiger partial charge in [-0.2, -0.15) is 0 Å². The van der Waals surface area contributed by atoms with Crippen molar-refractivity contribution in [1.82, 2.24) is 0 Å². The fraction of sp³-hybridized carbons (Fsp3) is 0.0667. The molecule has 0 amide bonds. The maximum Gasteiger partial charge on any atom is 0.339 e. The van der Waals surface area contributed by atoms with Crippen LogP contribution in [0.5, 0.6) is 17.2 Å². The van der Waals surface area contributed by atoms with E-state index in [0.717, 1.165) is 0 Å². The lowest BCUT2D eigenvalue weighted by Gasteiger charge is -2.03. The monoisotopic (exact) mass is 287 g/mol. The highest BCUT2D eigenvalue weighted by atomic mass is 16.5. The summed E-state index contributed by atoms with van der Waals surface area (Å²) >= 11 is 0. The quantitative estimate of drug-likeness (QED) is 0.750. The van der Waals surface area contributed by atoms with Crippen molar-refractivity contribution in [3.8, 4) is 17.2 Å². The minimum atomic E-state index is -1.20. The molecule has 0 aromatic heterocycles. The molecule has 3 N–H and O–H groups in total. The second-order valence-electron chi connectivity index (χ2n) is 4.20. The molecule has 6 nitrogen and oxygen atoms in total. The Morgan fingerprint density at radius 1 is 1.14 bits per heavy atom. The number of ether oxygens (including phenoxy) is 1. The van der Waals surface area contributed by atoms with E-state index < -0.39 is 5.97 Å². The summed E-state index contributed by atoms with van der Waals surface area (Å²) in [5, 5.41) is 27.9. The average Bonchev–Trinajstić information content (AvgIpc) is 2.46. The van der Waals surface area contributed by atoms with Crippen LogP contribution in [0.4, 0.5) is 5.69 Å². The molecular weight excluding hydrogens is 274 g/mol. The number of phenols is 2. The van der Waals surface area contributed by atoms with Gasteiger partial charge in [-0.25, -0.2) is 4.79 Å². The summed E-state index contributed by atoms with van der Waals surface area (Å²) in [5.41, 5.74) is 0.913. The molecule has 0 spiro atoms. The van der Waals surface area contributed by atoms with Crippen molar-refractivity contribution in [2.24, 2.45) is 4.99 Å². The Kier molecular flexibility index (Phi) is 4.08. The number of rotatable bonds is 4. The number of aliphatic imine (C=N–C) groups is 1. The topological polar surface area (TPSA) is 99.4 Å². The number of carboxylic acids is 1. The average molecular weight is 287 g/mol. The Hall–Kier alpha value is -3.02. The van der Waals surface area contributed by atoms with Crippen molar-refractivity contribution < 1.29 is 24.9 Å². The van der Waals surface area contributed by atoms with Gasteiger partial charge >= 0.3 is 5.97 Å². The van der Waals surface area contributed by atoms with E-state index in [4.69, 9.17) is 9.84 Å². The van der Waals surface area contributed by atoms with Crippen LogP contribution in [-0.4, -0.2) is 34.6 Å². The van der Waals surface area contributed by atoms with Crippen LogP contribution in [0.1, 0.15) is 15.9 Å². The normalized spacial score (nSPS) is 10.7. The number of aromatic carboxylic acids is 1. The molecule has 0 heterocycles. The molecule has 2 rings (SSSR count). The number of nitrogens with zero attached hydrogens (tertiary/aromatic N) is 1. The van der Waals surface area contributed by atoms with Crippen molar-refractivity contribution in [2.75, 3.05) is 7.11 Å². The third-order valence-corrected chi connectivity index (χ3v) is 2.78. The van der Waals surface area contributed by atoms with Gasteiger partial charge < -0.3 is 20.1 Å². The van der Waals surface area contributed by atoms with Crippen molar-refractivity contribution in [3.05, 3.63) is 47.5 Å². The molecule has 0 radical (unpaired) electrons. The molecule has 0 aliphatic rings. The number of methoxy groups -OCH3 is 1. The highest BCUT2D eigenvalue weighted by molar-refractivity contribution is 5.91. The summed E-state index contributed by atoms with van der Waals surface area (Å²) in [6.45, 7) is 0. The lowest BCUT2D eigenvalue weighted by atomic mass is 10.2. The zero-order valence-corrected chi connectivity index (χ0v) is 11.1. The second kappa shape index (κ2) is 5.96. The van der Waals surface area contributed by atoms with Gasteiger partial charge in [0.2, 0.25) is 0 Å². The van der Waals surface area contributed by atoms with Crippen LogP contribution in [0.2, 0.25) is 0 Å². The molecule has 0 bridgehead atoms. The largest absolute Gasteiger partial charge is 0.507 e. The standard InChI is InChI=1S/C15H13NO5/c1-21-14-6-9(2-5-12(14)17)8-16-10-3-4-11(15(19)20)13(18)7-10/h2-8,17-18H,1H3,(H,19,20). The Labute approximate surface area is 120 Å². The summed E-state index contributed by atoms with van der Waals surface area (Å²) in [7, 11) is 1.44. The Morgan fingerprint density at radius 3 is 2.52 bits per heavy atom. The van der Waals surface area contributed by atoms with Gasteiger partial charge in [-0.3, -0.25) is 4.99 Å². The molecule has 0 aliphatic heterocycles. The van der Waals surface area contributed by atoms with E-state index in [0.29, 0.717) is 17.0 Å². The van der Waals surface area contributed by atoms with E-state index in [1.54, 1.807) is 12.1 Å². The maximum atomic E-state index is 10.8. The van der Waals surface area contributed by atoms with Gasteiger partial charge in [-0.1, -0.05) is 0 Å². The van der Waals surface area contributed by atoms with Gasteiger partial charge in [0, 0.05) is 12.3 Å². The van der Waals surface area contributed by atoms with E-state index in [2.05, 4.69) is 4.99 Å². The minimum Gasteiger partial charge on any atom is -0.507 e.